The van der Waals surface area contributed by atoms with E-state index in [0.29, 0.717) is 0 Å². The fourth-order valence-corrected chi connectivity index (χ4v) is 6.93. The van der Waals surface area contributed by atoms with Crippen LogP contribution in [0.2, 0.25) is 0 Å². The van der Waals surface area contributed by atoms with Gasteiger partial charge in [-0.05, 0) is 95.0 Å². The van der Waals surface area contributed by atoms with Crippen LogP contribution in [0.15, 0.2) is 133 Å². The van der Waals surface area contributed by atoms with Gasteiger partial charge in [0.2, 0.25) is 0 Å². The number of benzene rings is 7. The molecule has 0 heteroatoms. The summed E-state index contributed by atoms with van der Waals surface area (Å²) >= 11 is 0. The molecule has 7 aromatic rings. The third kappa shape index (κ3) is 3.18. The Morgan fingerprint density at radius 2 is 0.872 bits per heavy atom. The van der Waals surface area contributed by atoms with Crippen LogP contribution in [0.3, 0.4) is 0 Å². The zero-order chi connectivity index (χ0) is 26.1. The Morgan fingerprint density at radius 1 is 0.385 bits per heavy atom. The minimum atomic E-state index is -0.0692. The smallest absolute Gasteiger partial charge is 0.0159 e. The highest BCUT2D eigenvalue weighted by molar-refractivity contribution is 6.21. The van der Waals surface area contributed by atoms with Gasteiger partial charge in [-0.3, -0.25) is 0 Å². The number of hydrogen-bond donors (Lipinski definition) is 0. The van der Waals surface area contributed by atoms with E-state index in [1.165, 1.54) is 76.8 Å². The number of fused-ring (bicyclic) bond motifs is 6. The Balaban J connectivity index is 1.42. The zero-order valence-corrected chi connectivity index (χ0v) is 22.2. The molecule has 1 aliphatic rings. The van der Waals surface area contributed by atoms with Crippen molar-refractivity contribution in [2.75, 3.05) is 0 Å². The largest absolute Gasteiger partial charge is 0.0622 e. The molecular weight excluding hydrogens is 468 g/mol. The molecule has 0 radical (unpaired) electrons. The first-order valence-corrected chi connectivity index (χ1v) is 13.8. The molecule has 0 spiro atoms. The van der Waals surface area contributed by atoms with Crippen molar-refractivity contribution in [3.05, 3.63) is 145 Å². The van der Waals surface area contributed by atoms with Gasteiger partial charge in [0.15, 0.2) is 0 Å². The molecule has 0 saturated carbocycles. The first-order chi connectivity index (χ1) is 19.1. The summed E-state index contributed by atoms with van der Waals surface area (Å²) < 4.78 is 0. The summed E-state index contributed by atoms with van der Waals surface area (Å²) in [6.07, 6.45) is 0. The molecule has 8 rings (SSSR count). The van der Waals surface area contributed by atoms with E-state index in [9.17, 15) is 0 Å². The number of rotatable bonds is 2. The highest BCUT2D eigenvalue weighted by Gasteiger charge is 2.36. The predicted octanol–water partition coefficient (Wildman–Crippen LogP) is 10.8. The molecule has 0 nitrogen and oxygen atoms in total. The molecule has 0 atom stereocenters. The average molecular weight is 497 g/mol. The third-order valence-corrected chi connectivity index (χ3v) is 8.82. The standard InChI is InChI=1S/C39H28/c1-39(2)35-24-28(20-21-29(35)34-22-26-14-6-7-15-27(26)23-36(34)39)38-32-18-10-8-16-30(32)37(25-12-4-3-5-13-25)31-17-9-11-19-33(31)38/h3-24H,1-2H3. The van der Waals surface area contributed by atoms with Gasteiger partial charge in [0.25, 0.3) is 0 Å². The molecule has 0 aliphatic heterocycles. The molecule has 0 saturated heterocycles. The van der Waals surface area contributed by atoms with Crippen LogP contribution >= 0.6 is 0 Å². The maximum Gasteiger partial charge on any atom is 0.0159 e. The molecule has 0 aromatic heterocycles. The topological polar surface area (TPSA) is 0 Å². The lowest BCUT2D eigenvalue weighted by Gasteiger charge is -2.23. The molecule has 184 valence electrons. The highest BCUT2D eigenvalue weighted by atomic mass is 14.4. The Labute approximate surface area is 229 Å². The van der Waals surface area contributed by atoms with E-state index in [-0.39, 0.29) is 5.41 Å². The van der Waals surface area contributed by atoms with Crippen molar-refractivity contribution in [1.29, 1.82) is 0 Å². The van der Waals surface area contributed by atoms with Gasteiger partial charge < -0.3 is 0 Å². The van der Waals surface area contributed by atoms with E-state index in [2.05, 4.69) is 147 Å². The first kappa shape index (κ1) is 22.3. The molecule has 0 unspecified atom stereocenters. The van der Waals surface area contributed by atoms with Crippen molar-refractivity contribution >= 4 is 32.3 Å². The molecule has 0 fully saturated rings. The van der Waals surface area contributed by atoms with Crippen LogP contribution in [-0.2, 0) is 5.41 Å². The lowest BCUT2D eigenvalue weighted by atomic mass is 9.80. The Hall–Kier alpha value is -4.68. The summed E-state index contributed by atoms with van der Waals surface area (Å²) in [7, 11) is 0. The second-order valence-corrected chi connectivity index (χ2v) is 11.3. The van der Waals surface area contributed by atoms with Gasteiger partial charge in [0.05, 0.1) is 0 Å². The van der Waals surface area contributed by atoms with E-state index in [1.807, 2.05) is 0 Å². The van der Waals surface area contributed by atoms with Gasteiger partial charge in [0, 0.05) is 5.41 Å². The van der Waals surface area contributed by atoms with Crippen LogP contribution in [0, 0.1) is 0 Å². The van der Waals surface area contributed by atoms with Crippen LogP contribution in [0.5, 0.6) is 0 Å². The summed E-state index contributed by atoms with van der Waals surface area (Å²) in [4.78, 5) is 0. The summed E-state index contributed by atoms with van der Waals surface area (Å²) in [6, 6.07) is 49.4. The average Bonchev–Trinajstić information content (AvgIpc) is 3.20. The van der Waals surface area contributed by atoms with Gasteiger partial charge >= 0.3 is 0 Å². The van der Waals surface area contributed by atoms with Crippen LogP contribution < -0.4 is 0 Å². The normalized spacial score (nSPS) is 13.6. The molecule has 7 aromatic carbocycles. The van der Waals surface area contributed by atoms with Gasteiger partial charge in [-0.15, -0.1) is 0 Å². The summed E-state index contributed by atoms with van der Waals surface area (Å²) in [5.41, 5.74) is 10.7. The van der Waals surface area contributed by atoms with Gasteiger partial charge in [-0.2, -0.15) is 0 Å². The van der Waals surface area contributed by atoms with E-state index in [0.717, 1.165) is 0 Å². The Bertz CT molecular complexity index is 2020. The molecule has 0 amide bonds. The predicted molar refractivity (Wildman–Crippen MR) is 167 cm³/mol. The van der Waals surface area contributed by atoms with Crippen molar-refractivity contribution in [1.82, 2.24) is 0 Å². The second kappa shape index (κ2) is 8.16. The van der Waals surface area contributed by atoms with Gasteiger partial charge in [0.1, 0.15) is 0 Å². The zero-order valence-electron chi connectivity index (χ0n) is 22.2. The van der Waals surface area contributed by atoms with E-state index in [1.54, 1.807) is 0 Å². The van der Waals surface area contributed by atoms with Crippen molar-refractivity contribution in [2.24, 2.45) is 0 Å². The third-order valence-electron chi connectivity index (χ3n) is 8.82. The van der Waals surface area contributed by atoms with Gasteiger partial charge in [-0.25, -0.2) is 0 Å². The molecule has 1 aliphatic carbocycles. The van der Waals surface area contributed by atoms with Crippen LogP contribution in [0.4, 0.5) is 0 Å². The number of hydrogen-bond acceptors (Lipinski definition) is 0. The Morgan fingerprint density at radius 3 is 1.49 bits per heavy atom. The van der Waals surface area contributed by atoms with Crippen molar-refractivity contribution < 1.29 is 0 Å². The van der Waals surface area contributed by atoms with E-state index in [4.69, 9.17) is 0 Å². The summed E-state index contributed by atoms with van der Waals surface area (Å²) in [5.74, 6) is 0. The lowest BCUT2D eigenvalue weighted by Crippen LogP contribution is -2.15. The van der Waals surface area contributed by atoms with Crippen molar-refractivity contribution in [3.63, 3.8) is 0 Å². The van der Waals surface area contributed by atoms with E-state index < -0.39 is 0 Å². The molecule has 0 heterocycles. The maximum atomic E-state index is 2.47. The van der Waals surface area contributed by atoms with Crippen LogP contribution in [0.1, 0.15) is 25.0 Å². The van der Waals surface area contributed by atoms with Crippen LogP contribution in [0.25, 0.3) is 65.7 Å². The maximum absolute atomic E-state index is 2.47. The Kier molecular flexibility index (Phi) is 4.67. The lowest BCUT2D eigenvalue weighted by molar-refractivity contribution is 0.661. The highest BCUT2D eigenvalue weighted by Crippen LogP contribution is 2.52. The molecule has 39 heavy (non-hydrogen) atoms. The monoisotopic (exact) mass is 496 g/mol. The fourth-order valence-electron chi connectivity index (χ4n) is 6.93. The molecule has 0 bridgehead atoms. The minimum Gasteiger partial charge on any atom is -0.0622 e. The van der Waals surface area contributed by atoms with Crippen molar-refractivity contribution in [2.45, 2.75) is 19.3 Å². The summed E-state index contributed by atoms with van der Waals surface area (Å²) in [5, 5.41) is 7.81. The van der Waals surface area contributed by atoms with Crippen molar-refractivity contribution in [3.8, 4) is 33.4 Å². The summed E-state index contributed by atoms with van der Waals surface area (Å²) in [6.45, 7) is 4.76. The van der Waals surface area contributed by atoms with Gasteiger partial charge in [-0.1, -0.05) is 129 Å². The molecule has 0 N–H and O–H groups in total. The SMILES string of the molecule is CC1(C)c2cc(-c3c4ccccc4c(-c4ccccc4)c4ccccc34)ccc2-c2cc3ccccc3cc21. The fraction of sp³-hybridized carbons (Fsp3) is 0.0769. The van der Waals surface area contributed by atoms with E-state index >= 15 is 0 Å². The quantitative estimate of drug-likeness (QED) is 0.209. The molecular formula is C39H28. The second-order valence-electron chi connectivity index (χ2n) is 11.3. The minimum absolute atomic E-state index is 0.0692. The van der Waals surface area contributed by atoms with Crippen LogP contribution in [-0.4, -0.2) is 0 Å². The first-order valence-electron chi connectivity index (χ1n) is 13.8.